The van der Waals surface area contributed by atoms with Crippen molar-refractivity contribution in [2.75, 3.05) is 0 Å². The Hall–Kier alpha value is -2.34. The lowest BCUT2D eigenvalue weighted by Gasteiger charge is -2.30. The first-order chi connectivity index (χ1) is 9.18. The highest BCUT2D eigenvalue weighted by atomic mass is 16.3. The van der Waals surface area contributed by atoms with Gasteiger partial charge in [-0.1, -0.05) is 30.3 Å². The van der Waals surface area contributed by atoms with Crippen LogP contribution in [0.3, 0.4) is 0 Å². The van der Waals surface area contributed by atoms with E-state index in [1.54, 1.807) is 37.9 Å². The summed E-state index contributed by atoms with van der Waals surface area (Å²) in [6, 6.07) is 12.0. The van der Waals surface area contributed by atoms with Gasteiger partial charge in [0.2, 0.25) is 0 Å². The molecule has 0 fully saturated rings. The van der Waals surface area contributed by atoms with E-state index in [9.17, 15) is 10.4 Å². The Morgan fingerprint density at radius 1 is 1.42 bits per heavy atom. The molecule has 0 saturated carbocycles. The van der Waals surface area contributed by atoms with Crippen LogP contribution in [0.25, 0.3) is 0 Å². The minimum Gasteiger partial charge on any atom is -0.513 e. The van der Waals surface area contributed by atoms with Crippen LogP contribution in [0.5, 0.6) is 0 Å². The van der Waals surface area contributed by atoms with Gasteiger partial charge in [-0.05, 0) is 24.6 Å². The summed E-state index contributed by atoms with van der Waals surface area (Å²) in [5.41, 5.74) is 0.168. The maximum Gasteiger partial charge on any atom is 0.0959 e. The molecular formula is C16H15N2O. The molecule has 0 spiro atoms. The summed E-state index contributed by atoms with van der Waals surface area (Å²) in [6.07, 6.45) is 8.49. The van der Waals surface area contributed by atoms with Crippen molar-refractivity contribution >= 4 is 6.21 Å². The number of allylic oxidation sites excluding steroid dienone is 3. The zero-order valence-electron chi connectivity index (χ0n) is 10.7. The van der Waals surface area contributed by atoms with Crippen LogP contribution in [-0.2, 0) is 0 Å². The largest absolute Gasteiger partial charge is 0.513 e. The molecule has 3 nitrogen and oxygen atoms in total. The van der Waals surface area contributed by atoms with Crippen molar-refractivity contribution in [2.45, 2.75) is 12.8 Å². The SMILES string of the molecule is C/C(O)=C/C(c1ccccc1)C1(C#N)[CH]C=NC=C1. The summed E-state index contributed by atoms with van der Waals surface area (Å²) in [5, 5.41) is 19.2. The fraction of sp³-hybridized carbons (Fsp3) is 0.188. The van der Waals surface area contributed by atoms with E-state index in [0.717, 1.165) is 5.56 Å². The highest BCUT2D eigenvalue weighted by molar-refractivity contribution is 5.74. The molecule has 1 N–H and O–H groups in total. The third-order valence-electron chi connectivity index (χ3n) is 3.15. The minimum absolute atomic E-state index is 0.202. The highest BCUT2D eigenvalue weighted by Gasteiger charge is 2.37. The van der Waals surface area contributed by atoms with E-state index < -0.39 is 5.41 Å². The molecule has 1 aliphatic heterocycles. The molecule has 0 bridgehead atoms. The monoisotopic (exact) mass is 251 g/mol. The van der Waals surface area contributed by atoms with Crippen molar-refractivity contribution in [3.05, 3.63) is 66.4 Å². The van der Waals surface area contributed by atoms with Crippen LogP contribution in [0.4, 0.5) is 0 Å². The van der Waals surface area contributed by atoms with Gasteiger partial charge in [-0.15, -0.1) is 0 Å². The first kappa shape index (κ1) is 13.1. The van der Waals surface area contributed by atoms with Gasteiger partial charge < -0.3 is 5.11 Å². The number of hydrogen-bond acceptors (Lipinski definition) is 3. The van der Waals surface area contributed by atoms with Crippen LogP contribution >= 0.6 is 0 Å². The van der Waals surface area contributed by atoms with Crippen molar-refractivity contribution < 1.29 is 5.11 Å². The Labute approximate surface area is 113 Å². The van der Waals surface area contributed by atoms with E-state index in [0.29, 0.717) is 0 Å². The zero-order chi connectivity index (χ0) is 13.7. The summed E-state index contributed by atoms with van der Waals surface area (Å²) >= 11 is 0. The van der Waals surface area contributed by atoms with Gasteiger partial charge in [-0.3, -0.25) is 4.99 Å². The Kier molecular flexibility index (Phi) is 3.82. The first-order valence-electron chi connectivity index (χ1n) is 6.07. The van der Waals surface area contributed by atoms with E-state index in [4.69, 9.17) is 0 Å². The second-order valence-corrected chi connectivity index (χ2v) is 4.52. The van der Waals surface area contributed by atoms with Gasteiger partial charge in [0.15, 0.2) is 0 Å². The van der Waals surface area contributed by atoms with Crippen LogP contribution in [-0.4, -0.2) is 11.3 Å². The summed E-state index contributed by atoms with van der Waals surface area (Å²) < 4.78 is 0. The fourth-order valence-electron chi connectivity index (χ4n) is 2.20. The average Bonchev–Trinajstić information content (AvgIpc) is 2.46. The van der Waals surface area contributed by atoms with Crippen LogP contribution < -0.4 is 0 Å². The average molecular weight is 251 g/mol. The number of benzene rings is 1. The normalized spacial score (nSPS) is 23.9. The van der Waals surface area contributed by atoms with Crippen molar-refractivity contribution in [1.82, 2.24) is 0 Å². The Balaban J connectivity index is 2.50. The van der Waals surface area contributed by atoms with Gasteiger partial charge >= 0.3 is 0 Å². The van der Waals surface area contributed by atoms with Gasteiger partial charge in [0.25, 0.3) is 0 Å². The predicted octanol–water partition coefficient (Wildman–Crippen LogP) is 3.54. The molecular weight excluding hydrogens is 236 g/mol. The summed E-state index contributed by atoms with van der Waals surface area (Å²) in [6.45, 7) is 1.61. The van der Waals surface area contributed by atoms with E-state index in [-0.39, 0.29) is 11.7 Å². The van der Waals surface area contributed by atoms with E-state index in [2.05, 4.69) is 11.1 Å². The maximum atomic E-state index is 9.60. The van der Waals surface area contributed by atoms with Gasteiger partial charge in [0.1, 0.15) is 0 Å². The second kappa shape index (κ2) is 5.53. The van der Waals surface area contributed by atoms with Gasteiger partial charge in [-0.25, -0.2) is 0 Å². The number of hydrogen-bond donors (Lipinski definition) is 1. The van der Waals surface area contributed by atoms with Gasteiger partial charge in [-0.2, -0.15) is 5.26 Å². The molecule has 0 amide bonds. The molecule has 2 atom stereocenters. The number of nitriles is 1. The van der Waals surface area contributed by atoms with E-state index in [1.807, 2.05) is 30.3 Å². The lowest BCUT2D eigenvalue weighted by molar-refractivity contribution is 0.402. The topological polar surface area (TPSA) is 56.4 Å². The van der Waals surface area contributed by atoms with Crippen molar-refractivity contribution in [3.8, 4) is 6.07 Å². The molecule has 2 rings (SSSR count). The summed E-state index contributed by atoms with van der Waals surface area (Å²) in [5.74, 6) is -0.0421. The molecule has 0 saturated heterocycles. The molecule has 19 heavy (non-hydrogen) atoms. The fourth-order valence-corrected chi connectivity index (χ4v) is 2.20. The molecule has 1 aliphatic rings. The third-order valence-corrected chi connectivity index (χ3v) is 3.15. The molecule has 0 aliphatic carbocycles. The Bertz CT molecular complexity index is 562. The number of rotatable bonds is 3. The molecule has 95 valence electrons. The van der Waals surface area contributed by atoms with Crippen LogP contribution in [0.15, 0.2) is 59.4 Å². The smallest absolute Gasteiger partial charge is 0.0959 e. The van der Waals surface area contributed by atoms with Crippen LogP contribution in [0, 0.1) is 23.2 Å². The quantitative estimate of drug-likeness (QED) is 0.835. The van der Waals surface area contributed by atoms with Crippen LogP contribution in [0.1, 0.15) is 18.4 Å². The molecule has 1 heterocycles. The first-order valence-corrected chi connectivity index (χ1v) is 6.07. The lowest BCUT2D eigenvalue weighted by atomic mass is 9.70. The lowest BCUT2D eigenvalue weighted by Crippen LogP contribution is -2.27. The van der Waals surface area contributed by atoms with Crippen molar-refractivity contribution in [2.24, 2.45) is 10.4 Å². The molecule has 2 unspecified atom stereocenters. The van der Waals surface area contributed by atoms with E-state index in [1.165, 1.54) is 0 Å². The highest BCUT2D eigenvalue weighted by Crippen LogP contribution is 2.41. The standard InChI is InChI=1S/C16H15N2O/c1-13(19)11-15(14-5-3-2-4-6-14)16(12-17)7-9-18-10-8-16/h2-11,15,19H,1H3/b13-11-. The summed E-state index contributed by atoms with van der Waals surface area (Å²) in [7, 11) is 0. The second-order valence-electron chi connectivity index (χ2n) is 4.52. The zero-order valence-corrected chi connectivity index (χ0v) is 10.7. The maximum absolute atomic E-state index is 9.60. The number of nitrogens with zero attached hydrogens (tertiary/aromatic N) is 2. The molecule has 3 heteroatoms. The Morgan fingerprint density at radius 2 is 2.16 bits per heavy atom. The number of aliphatic hydroxyl groups is 1. The van der Waals surface area contributed by atoms with Crippen molar-refractivity contribution in [3.63, 3.8) is 0 Å². The molecule has 0 aromatic heterocycles. The third kappa shape index (κ3) is 2.74. The van der Waals surface area contributed by atoms with Gasteiger partial charge in [0, 0.05) is 24.8 Å². The number of aliphatic imine (C=N–C) groups is 1. The molecule has 1 aromatic carbocycles. The van der Waals surface area contributed by atoms with Crippen LogP contribution in [0.2, 0.25) is 0 Å². The molecule has 1 aromatic rings. The van der Waals surface area contributed by atoms with E-state index >= 15 is 0 Å². The van der Waals surface area contributed by atoms with Gasteiger partial charge in [0.05, 0.1) is 17.2 Å². The molecule has 1 radical (unpaired) electrons. The predicted molar refractivity (Wildman–Crippen MR) is 75.5 cm³/mol. The Morgan fingerprint density at radius 3 is 2.68 bits per heavy atom. The van der Waals surface area contributed by atoms with Crippen molar-refractivity contribution in [1.29, 1.82) is 5.26 Å². The summed E-state index contributed by atoms with van der Waals surface area (Å²) in [4.78, 5) is 3.98. The number of aliphatic hydroxyl groups excluding tert-OH is 1. The minimum atomic E-state index is -0.812.